The highest BCUT2D eigenvalue weighted by Crippen LogP contribution is 2.36. The van der Waals surface area contributed by atoms with Gasteiger partial charge in [-0.25, -0.2) is 4.79 Å². The second kappa shape index (κ2) is 6.16. The first-order valence-electron chi connectivity index (χ1n) is 7.63. The van der Waals surface area contributed by atoms with Crippen LogP contribution in [0, 0.1) is 0 Å². The second-order valence-electron chi connectivity index (χ2n) is 6.38. The molecule has 1 heterocycles. The monoisotopic (exact) mass is 291 g/mol. The van der Waals surface area contributed by atoms with Gasteiger partial charge in [-0.05, 0) is 44.4 Å². The molecule has 1 aromatic rings. The predicted octanol–water partition coefficient (Wildman–Crippen LogP) is 2.72. The van der Waals surface area contributed by atoms with E-state index in [9.17, 15) is 9.90 Å². The van der Waals surface area contributed by atoms with Crippen molar-refractivity contribution < 1.29 is 15.0 Å². The number of aromatic carboxylic acids is 1. The minimum atomic E-state index is -0.918. The summed E-state index contributed by atoms with van der Waals surface area (Å²) in [4.78, 5) is 13.3. The fourth-order valence-corrected chi connectivity index (χ4v) is 3.09. The third-order valence-corrected chi connectivity index (χ3v) is 4.86. The van der Waals surface area contributed by atoms with Crippen molar-refractivity contribution in [3.8, 4) is 0 Å². The Morgan fingerprint density at radius 2 is 1.67 bits per heavy atom. The minimum Gasteiger partial charge on any atom is -0.478 e. The lowest BCUT2D eigenvalue weighted by Gasteiger charge is -2.43. The second-order valence-corrected chi connectivity index (χ2v) is 6.38. The largest absolute Gasteiger partial charge is 0.478 e. The van der Waals surface area contributed by atoms with Gasteiger partial charge in [0.05, 0.1) is 11.2 Å². The van der Waals surface area contributed by atoms with Crippen LogP contribution in [0.1, 0.15) is 55.5 Å². The van der Waals surface area contributed by atoms with Crippen molar-refractivity contribution in [1.29, 1.82) is 0 Å². The fourth-order valence-electron chi connectivity index (χ4n) is 3.09. The molecular weight excluding hydrogens is 266 g/mol. The summed E-state index contributed by atoms with van der Waals surface area (Å²) in [5.41, 5.74) is 0.587. The van der Waals surface area contributed by atoms with Crippen molar-refractivity contribution in [1.82, 2.24) is 4.90 Å². The molecule has 2 rings (SSSR count). The van der Waals surface area contributed by atoms with Crippen molar-refractivity contribution in [3.63, 3.8) is 0 Å². The van der Waals surface area contributed by atoms with Crippen molar-refractivity contribution in [2.75, 3.05) is 13.1 Å². The van der Waals surface area contributed by atoms with E-state index in [0.717, 1.165) is 31.5 Å². The smallest absolute Gasteiger partial charge is 0.335 e. The van der Waals surface area contributed by atoms with Crippen molar-refractivity contribution in [2.24, 2.45) is 0 Å². The van der Waals surface area contributed by atoms with E-state index in [0.29, 0.717) is 6.04 Å². The molecule has 21 heavy (non-hydrogen) atoms. The number of aliphatic hydroxyl groups is 1. The Balaban J connectivity index is 2.08. The highest BCUT2D eigenvalue weighted by atomic mass is 16.4. The van der Waals surface area contributed by atoms with Crippen LogP contribution >= 0.6 is 0 Å². The number of nitrogens with zero attached hydrogens (tertiary/aromatic N) is 1. The number of hydrogen-bond donors (Lipinski definition) is 2. The van der Waals surface area contributed by atoms with Gasteiger partial charge in [-0.1, -0.05) is 19.1 Å². The SMILES string of the molecule is CC(C)N1CCC(O)(C(C)c2ccc(C(=O)O)cc2)CC1. The Kier molecular flexibility index (Phi) is 4.69. The van der Waals surface area contributed by atoms with E-state index in [-0.39, 0.29) is 11.5 Å². The zero-order valence-corrected chi connectivity index (χ0v) is 13.0. The Hall–Kier alpha value is -1.39. The molecule has 1 unspecified atom stereocenters. The lowest BCUT2D eigenvalue weighted by molar-refractivity contribution is -0.0445. The molecule has 1 saturated heterocycles. The number of rotatable bonds is 4. The number of carbonyl (C=O) groups is 1. The van der Waals surface area contributed by atoms with Crippen LogP contribution in [0.4, 0.5) is 0 Å². The molecule has 1 aromatic carbocycles. The van der Waals surface area contributed by atoms with Crippen LogP contribution in [0.15, 0.2) is 24.3 Å². The first-order chi connectivity index (χ1) is 9.83. The van der Waals surface area contributed by atoms with Crippen LogP contribution in [0.2, 0.25) is 0 Å². The summed E-state index contributed by atoms with van der Waals surface area (Å²) in [6.07, 6.45) is 1.51. The highest BCUT2D eigenvalue weighted by molar-refractivity contribution is 5.87. The number of likely N-dealkylation sites (tertiary alicyclic amines) is 1. The molecule has 116 valence electrons. The fraction of sp³-hybridized carbons (Fsp3) is 0.588. The van der Waals surface area contributed by atoms with Gasteiger partial charge >= 0.3 is 5.97 Å². The van der Waals surface area contributed by atoms with E-state index in [1.54, 1.807) is 12.1 Å². The van der Waals surface area contributed by atoms with Gasteiger partial charge < -0.3 is 15.1 Å². The van der Waals surface area contributed by atoms with E-state index < -0.39 is 11.6 Å². The summed E-state index contributed by atoms with van der Waals surface area (Å²) in [6, 6.07) is 7.38. The molecule has 0 aliphatic carbocycles. The van der Waals surface area contributed by atoms with Gasteiger partial charge in [0.1, 0.15) is 0 Å². The number of piperidine rings is 1. The normalized spacial score (nSPS) is 20.4. The zero-order chi connectivity index (χ0) is 15.6. The Labute approximate surface area is 126 Å². The average Bonchev–Trinajstić information content (AvgIpc) is 2.47. The van der Waals surface area contributed by atoms with Crippen LogP contribution in [-0.2, 0) is 0 Å². The van der Waals surface area contributed by atoms with Gasteiger partial charge in [0.15, 0.2) is 0 Å². The van der Waals surface area contributed by atoms with Crippen LogP contribution in [0.3, 0.4) is 0 Å². The van der Waals surface area contributed by atoms with E-state index in [2.05, 4.69) is 18.7 Å². The van der Waals surface area contributed by atoms with Gasteiger partial charge in [-0.2, -0.15) is 0 Å². The number of carboxylic acids is 1. The molecule has 0 bridgehead atoms. The maximum absolute atomic E-state index is 10.9. The predicted molar refractivity (Wildman–Crippen MR) is 82.7 cm³/mol. The van der Waals surface area contributed by atoms with Gasteiger partial charge in [0, 0.05) is 25.0 Å². The molecule has 0 saturated carbocycles. The summed E-state index contributed by atoms with van der Waals surface area (Å²) in [5.74, 6) is -0.909. The maximum Gasteiger partial charge on any atom is 0.335 e. The summed E-state index contributed by atoms with van der Waals surface area (Å²) in [5, 5.41) is 19.9. The maximum atomic E-state index is 10.9. The molecule has 0 radical (unpaired) electrons. The van der Waals surface area contributed by atoms with Crippen LogP contribution < -0.4 is 0 Å². The Morgan fingerprint density at radius 1 is 1.14 bits per heavy atom. The van der Waals surface area contributed by atoms with Crippen molar-refractivity contribution in [3.05, 3.63) is 35.4 Å². The Morgan fingerprint density at radius 3 is 2.10 bits per heavy atom. The number of benzene rings is 1. The summed E-state index contributed by atoms with van der Waals surface area (Å²) in [6.45, 7) is 8.20. The van der Waals surface area contributed by atoms with Gasteiger partial charge in [-0.15, -0.1) is 0 Å². The molecular formula is C17H25NO3. The third-order valence-electron chi connectivity index (χ3n) is 4.86. The quantitative estimate of drug-likeness (QED) is 0.895. The molecule has 1 atom stereocenters. The highest BCUT2D eigenvalue weighted by Gasteiger charge is 2.38. The standard InChI is InChI=1S/C17H25NO3/c1-12(2)18-10-8-17(21,9-11-18)13(3)14-4-6-15(7-5-14)16(19)20/h4-7,12-13,21H,8-11H2,1-3H3,(H,19,20). The molecule has 0 amide bonds. The molecule has 1 aliphatic rings. The van der Waals surface area contributed by atoms with Crippen LogP contribution in [0.5, 0.6) is 0 Å². The van der Waals surface area contributed by atoms with Gasteiger partial charge in [0.2, 0.25) is 0 Å². The van der Waals surface area contributed by atoms with E-state index in [1.165, 1.54) is 0 Å². The van der Waals surface area contributed by atoms with E-state index >= 15 is 0 Å². The zero-order valence-electron chi connectivity index (χ0n) is 13.0. The topological polar surface area (TPSA) is 60.8 Å². The van der Waals surface area contributed by atoms with Crippen LogP contribution in [-0.4, -0.2) is 45.8 Å². The molecule has 4 heteroatoms. The lowest BCUT2D eigenvalue weighted by Crippen LogP contribution is -2.49. The molecule has 0 aromatic heterocycles. The number of carboxylic acid groups (broad SMARTS) is 1. The van der Waals surface area contributed by atoms with Crippen molar-refractivity contribution in [2.45, 2.75) is 51.2 Å². The molecule has 4 nitrogen and oxygen atoms in total. The molecule has 1 aliphatic heterocycles. The summed E-state index contributed by atoms with van der Waals surface area (Å²) in [7, 11) is 0. The van der Waals surface area contributed by atoms with Gasteiger partial charge in [-0.3, -0.25) is 0 Å². The van der Waals surface area contributed by atoms with Crippen molar-refractivity contribution >= 4 is 5.97 Å². The molecule has 2 N–H and O–H groups in total. The summed E-state index contributed by atoms with van der Waals surface area (Å²) < 4.78 is 0. The number of hydrogen-bond acceptors (Lipinski definition) is 3. The Bertz CT molecular complexity index is 487. The lowest BCUT2D eigenvalue weighted by atomic mass is 9.76. The average molecular weight is 291 g/mol. The first-order valence-corrected chi connectivity index (χ1v) is 7.63. The van der Waals surface area contributed by atoms with E-state index in [1.807, 2.05) is 19.1 Å². The minimum absolute atomic E-state index is 0.00894. The first kappa shape index (κ1) is 16.0. The van der Waals surface area contributed by atoms with Crippen LogP contribution in [0.25, 0.3) is 0 Å². The summed E-state index contributed by atoms with van der Waals surface area (Å²) >= 11 is 0. The molecule has 0 spiro atoms. The third kappa shape index (κ3) is 3.44. The van der Waals surface area contributed by atoms with Gasteiger partial charge in [0.25, 0.3) is 0 Å². The van der Waals surface area contributed by atoms with E-state index in [4.69, 9.17) is 5.11 Å². The molecule has 1 fully saturated rings.